The first-order chi connectivity index (χ1) is 28.6. The van der Waals surface area contributed by atoms with Crippen molar-refractivity contribution in [1.82, 2.24) is 0 Å². The van der Waals surface area contributed by atoms with E-state index in [2.05, 4.69) is 62.5 Å². The lowest BCUT2D eigenvalue weighted by atomic mass is 10.0. The molecule has 0 amide bonds. The molecule has 58 heavy (non-hydrogen) atoms. The SMILES string of the molecule is CCCCC/C=C\C/C=C\CCCCCCCC(=O)OCC(CO)OC(=O)CCCCCCCCCCCCCCCCCCC/C=C\C/C=C\CCCCCCC. The second-order valence-corrected chi connectivity index (χ2v) is 16.9. The number of carbonyl (C=O) groups is 2. The van der Waals surface area contributed by atoms with Crippen molar-refractivity contribution in [2.45, 2.75) is 264 Å². The lowest BCUT2D eigenvalue weighted by Gasteiger charge is -2.15. The predicted octanol–water partition coefficient (Wildman–Crippen LogP) is 16.5. The highest BCUT2D eigenvalue weighted by atomic mass is 16.6. The molecule has 0 saturated carbocycles. The van der Waals surface area contributed by atoms with Gasteiger partial charge >= 0.3 is 11.9 Å². The third kappa shape index (κ3) is 46.5. The summed E-state index contributed by atoms with van der Waals surface area (Å²) in [6.07, 6.45) is 63.5. The minimum Gasteiger partial charge on any atom is -0.462 e. The third-order valence-corrected chi connectivity index (χ3v) is 11.1. The maximum Gasteiger partial charge on any atom is 0.306 e. The van der Waals surface area contributed by atoms with Crippen molar-refractivity contribution in [2.24, 2.45) is 0 Å². The number of hydrogen-bond acceptors (Lipinski definition) is 5. The van der Waals surface area contributed by atoms with E-state index in [1.165, 1.54) is 173 Å². The first-order valence-corrected chi connectivity index (χ1v) is 25.2. The molecule has 0 aliphatic carbocycles. The topological polar surface area (TPSA) is 72.8 Å². The van der Waals surface area contributed by atoms with E-state index >= 15 is 0 Å². The molecule has 338 valence electrons. The molecule has 1 N–H and O–H groups in total. The van der Waals surface area contributed by atoms with Gasteiger partial charge in [0.05, 0.1) is 6.61 Å². The third-order valence-electron chi connectivity index (χ3n) is 11.1. The van der Waals surface area contributed by atoms with Crippen LogP contribution in [-0.2, 0) is 19.1 Å². The van der Waals surface area contributed by atoms with Gasteiger partial charge in [0.2, 0.25) is 0 Å². The fraction of sp³-hybridized carbons (Fsp3) is 0.811. The quantitative estimate of drug-likeness (QED) is 0.0376. The minimum atomic E-state index is -0.777. The van der Waals surface area contributed by atoms with Gasteiger partial charge in [-0.1, -0.05) is 217 Å². The van der Waals surface area contributed by atoms with E-state index in [1.54, 1.807) is 0 Å². The average molecular weight is 813 g/mol. The molecule has 0 bridgehead atoms. The Bertz CT molecular complexity index is 966. The molecular weight excluding hydrogens is 717 g/mol. The average Bonchev–Trinajstić information content (AvgIpc) is 3.23. The molecule has 0 aromatic rings. The van der Waals surface area contributed by atoms with Gasteiger partial charge in [-0.25, -0.2) is 0 Å². The van der Waals surface area contributed by atoms with Crippen LogP contribution in [0, 0.1) is 0 Å². The van der Waals surface area contributed by atoms with Gasteiger partial charge in [0.1, 0.15) is 6.61 Å². The molecular formula is C53H96O5. The zero-order valence-electron chi connectivity index (χ0n) is 38.6. The molecule has 0 aliphatic rings. The van der Waals surface area contributed by atoms with Crippen LogP contribution in [0.4, 0.5) is 0 Å². The number of allylic oxidation sites excluding steroid dienone is 8. The van der Waals surface area contributed by atoms with E-state index in [0.29, 0.717) is 12.8 Å². The highest BCUT2D eigenvalue weighted by Crippen LogP contribution is 2.16. The summed E-state index contributed by atoms with van der Waals surface area (Å²) >= 11 is 0. The molecule has 0 heterocycles. The van der Waals surface area contributed by atoms with Crippen molar-refractivity contribution >= 4 is 11.9 Å². The Labute approximate surface area is 360 Å². The highest BCUT2D eigenvalue weighted by molar-refractivity contribution is 5.70. The molecule has 5 nitrogen and oxygen atoms in total. The first-order valence-electron chi connectivity index (χ1n) is 25.2. The van der Waals surface area contributed by atoms with Crippen LogP contribution in [0.3, 0.4) is 0 Å². The molecule has 0 aromatic heterocycles. The van der Waals surface area contributed by atoms with Crippen LogP contribution in [0.2, 0.25) is 0 Å². The summed E-state index contributed by atoms with van der Waals surface area (Å²) < 4.78 is 10.7. The summed E-state index contributed by atoms with van der Waals surface area (Å²) in [6.45, 7) is 4.11. The Morgan fingerprint density at radius 2 is 0.690 bits per heavy atom. The van der Waals surface area contributed by atoms with E-state index in [1.807, 2.05) is 0 Å². The highest BCUT2D eigenvalue weighted by Gasteiger charge is 2.16. The predicted molar refractivity (Wildman–Crippen MR) is 251 cm³/mol. The van der Waals surface area contributed by atoms with E-state index in [4.69, 9.17) is 9.47 Å². The fourth-order valence-electron chi connectivity index (χ4n) is 7.26. The van der Waals surface area contributed by atoms with Gasteiger partial charge in [-0.3, -0.25) is 9.59 Å². The number of aliphatic hydroxyl groups is 1. The molecule has 1 atom stereocenters. The van der Waals surface area contributed by atoms with Crippen LogP contribution in [0.1, 0.15) is 258 Å². The fourth-order valence-corrected chi connectivity index (χ4v) is 7.26. The number of ether oxygens (including phenoxy) is 2. The molecule has 0 aromatic carbocycles. The summed E-state index contributed by atoms with van der Waals surface area (Å²) in [4.78, 5) is 24.4. The summed E-state index contributed by atoms with van der Waals surface area (Å²) in [5.41, 5.74) is 0. The Kier molecular flexibility index (Phi) is 47.4. The van der Waals surface area contributed by atoms with Crippen molar-refractivity contribution in [3.05, 3.63) is 48.6 Å². The zero-order chi connectivity index (χ0) is 42.1. The molecule has 0 saturated heterocycles. The maximum atomic E-state index is 12.3. The lowest BCUT2D eigenvalue weighted by Crippen LogP contribution is -2.28. The second kappa shape index (κ2) is 49.2. The summed E-state index contributed by atoms with van der Waals surface area (Å²) in [6, 6.07) is 0. The van der Waals surface area contributed by atoms with Crippen LogP contribution < -0.4 is 0 Å². The van der Waals surface area contributed by atoms with Crippen molar-refractivity contribution in [3.8, 4) is 0 Å². The van der Waals surface area contributed by atoms with Gasteiger partial charge < -0.3 is 14.6 Å². The Balaban J connectivity index is 3.46. The van der Waals surface area contributed by atoms with Gasteiger partial charge in [0, 0.05) is 12.8 Å². The Hall–Kier alpha value is -2.14. The summed E-state index contributed by atoms with van der Waals surface area (Å²) in [5, 5.41) is 9.61. The van der Waals surface area contributed by atoms with Crippen LogP contribution in [0.25, 0.3) is 0 Å². The van der Waals surface area contributed by atoms with E-state index in [0.717, 1.165) is 57.8 Å². The lowest BCUT2D eigenvalue weighted by molar-refractivity contribution is -0.161. The van der Waals surface area contributed by atoms with E-state index < -0.39 is 6.10 Å². The standard InChI is InChI=1S/C53H96O5/c1-3-5-7-9-11-13-15-17-19-20-21-22-23-24-25-26-27-28-29-30-31-32-34-36-38-40-42-44-46-48-53(56)58-51(49-54)50-57-52(55)47-45-43-41-39-37-35-33-18-16-14-12-10-8-6-4-2/h12,14-15,17-18,20-21,33,51,54H,3-11,13,16,19,22-32,34-50H2,1-2H3/b14-12-,17-15-,21-20-,33-18-. The number of rotatable bonds is 46. The van der Waals surface area contributed by atoms with Gasteiger partial charge in [0.15, 0.2) is 6.10 Å². The van der Waals surface area contributed by atoms with Crippen molar-refractivity contribution < 1.29 is 24.2 Å². The molecule has 0 radical (unpaired) electrons. The van der Waals surface area contributed by atoms with Gasteiger partial charge in [-0.2, -0.15) is 0 Å². The molecule has 0 aliphatic heterocycles. The zero-order valence-corrected chi connectivity index (χ0v) is 38.6. The Morgan fingerprint density at radius 1 is 0.397 bits per heavy atom. The number of carbonyl (C=O) groups excluding carboxylic acids is 2. The van der Waals surface area contributed by atoms with Gasteiger partial charge in [-0.15, -0.1) is 0 Å². The van der Waals surface area contributed by atoms with E-state index in [9.17, 15) is 14.7 Å². The number of unbranched alkanes of at least 4 members (excludes halogenated alkanes) is 30. The van der Waals surface area contributed by atoms with Crippen molar-refractivity contribution in [3.63, 3.8) is 0 Å². The van der Waals surface area contributed by atoms with Crippen LogP contribution in [-0.4, -0.2) is 36.4 Å². The van der Waals surface area contributed by atoms with Crippen molar-refractivity contribution in [1.29, 1.82) is 0 Å². The largest absolute Gasteiger partial charge is 0.462 e. The molecule has 0 spiro atoms. The van der Waals surface area contributed by atoms with Crippen LogP contribution in [0.5, 0.6) is 0 Å². The van der Waals surface area contributed by atoms with Crippen LogP contribution >= 0.6 is 0 Å². The van der Waals surface area contributed by atoms with E-state index in [-0.39, 0.29) is 25.2 Å². The molecule has 1 unspecified atom stereocenters. The Morgan fingerprint density at radius 3 is 1.05 bits per heavy atom. The maximum absolute atomic E-state index is 12.3. The molecule has 0 fully saturated rings. The number of esters is 2. The summed E-state index contributed by atoms with van der Waals surface area (Å²) in [7, 11) is 0. The summed E-state index contributed by atoms with van der Waals surface area (Å²) in [5.74, 6) is -0.599. The number of hydrogen-bond donors (Lipinski definition) is 1. The second-order valence-electron chi connectivity index (χ2n) is 16.9. The molecule has 0 rings (SSSR count). The van der Waals surface area contributed by atoms with Gasteiger partial charge in [-0.05, 0) is 77.0 Å². The van der Waals surface area contributed by atoms with Crippen LogP contribution in [0.15, 0.2) is 48.6 Å². The monoisotopic (exact) mass is 813 g/mol. The number of aliphatic hydroxyl groups excluding tert-OH is 1. The first kappa shape index (κ1) is 55.9. The minimum absolute atomic E-state index is 0.0715. The van der Waals surface area contributed by atoms with Gasteiger partial charge in [0.25, 0.3) is 0 Å². The normalized spacial score (nSPS) is 12.5. The molecule has 5 heteroatoms. The van der Waals surface area contributed by atoms with Crippen molar-refractivity contribution in [2.75, 3.05) is 13.2 Å². The smallest absolute Gasteiger partial charge is 0.306 e.